The Morgan fingerprint density at radius 2 is 1.88 bits per heavy atom. The predicted octanol–water partition coefficient (Wildman–Crippen LogP) is 1.98. The van der Waals surface area contributed by atoms with E-state index in [-0.39, 0.29) is 11.5 Å². The third kappa shape index (κ3) is 3.85. The van der Waals surface area contributed by atoms with E-state index >= 15 is 0 Å². The summed E-state index contributed by atoms with van der Waals surface area (Å²) in [6.07, 6.45) is 6.01. The average Bonchev–Trinajstić information content (AvgIpc) is 2.61. The first kappa shape index (κ1) is 17.5. The zero-order chi connectivity index (χ0) is 18.0. The van der Waals surface area contributed by atoms with Gasteiger partial charge in [-0.15, -0.1) is 0 Å². The highest BCUT2D eigenvalue weighted by atomic mass is 32.2. The molecule has 1 aliphatic heterocycles. The number of carboxylic acid groups (broad SMARTS) is 1. The number of hydrogen-bond donors (Lipinski definition) is 1. The Hall–Kier alpha value is -2.32. The molecule has 132 valence electrons. The Bertz CT molecular complexity index is 881. The highest BCUT2D eigenvalue weighted by Gasteiger charge is 2.29. The highest BCUT2D eigenvalue weighted by Crippen LogP contribution is 2.32. The van der Waals surface area contributed by atoms with Gasteiger partial charge in [0.1, 0.15) is 0 Å². The Kier molecular flexibility index (Phi) is 4.82. The number of aromatic nitrogens is 2. The molecular formula is C17H19N3O4S. The van der Waals surface area contributed by atoms with Crippen LogP contribution in [0, 0.1) is 0 Å². The summed E-state index contributed by atoms with van der Waals surface area (Å²) in [5.41, 5.74) is 2.39. The molecule has 25 heavy (non-hydrogen) atoms. The molecule has 1 aromatic heterocycles. The van der Waals surface area contributed by atoms with Gasteiger partial charge in [0.15, 0.2) is 0 Å². The predicted molar refractivity (Wildman–Crippen MR) is 92.8 cm³/mol. The molecule has 2 heterocycles. The second-order valence-electron chi connectivity index (χ2n) is 6.13. The Morgan fingerprint density at radius 3 is 2.52 bits per heavy atom. The molecule has 7 nitrogen and oxygen atoms in total. The lowest BCUT2D eigenvalue weighted by Gasteiger charge is -2.31. The van der Waals surface area contributed by atoms with Crippen molar-refractivity contribution in [1.82, 2.24) is 14.3 Å². The van der Waals surface area contributed by atoms with Crippen LogP contribution >= 0.6 is 0 Å². The quantitative estimate of drug-likeness (QED) is 0.894. The summed E-state index contributed by atoms with van der Waals surface area (Å²) in [6.45, 7) is 0.913. The van der Waals surface area contributed by atoms with Crippen molar-refractivity contribution >= 4 is 16.0 Å². The van der Waals surface area contributed by atoms with E-state index in [0.717, 1.165) is 24.1 Å². The van der Waals surface area contributed by atoms with Crippen LogP contribution in [0.2, 0.25) is 0 Å². The van der Waals surface area contributed by atoms with Gasteiger partial charge in [0.05, 0.1) is 23.2 Å². The first-order valence-corrected chi connectivity index (χ1v) is 9.81. The van der Waals surface area contributed by atoms with Crippen LogP contribution in [0.5, 0.6) is 0 Å². The molecule has 0 saturated carbocycles. The molecule has 1 N–H and O–H groups in total. The summed E-state index contributed by atoms with van der Waals surface area (Å²) in [4.78, 5) is 19.9. The molecule has 0 amide bonds. The number of piperidine rings is 1. The zero-order valence-electron chi connectivity index (χ0n) is 13.8. The van der Waals surface area contributed by atoms with Gasteiger partial charge in [-0.1, -0.05) is 12.1 Å². The number of benzene rings is 1. The van der Waals surface area contributed by atoms with E-state index in [2.05, 4.69) is 9.97 Å². The first-order chi connectivity index (χ1) is 11.9. The number of rotatable bonds is 4. The lowest BCUT2D eigenvalue weighted by Crippen LogP contribution is -2.38. The van der Waals surface area contributed by atoms with Gasteiger partial charge in [0, 0.05) is 37.0 Å². The second kappa shape index (κ2) is 6.89. The van der Waals surface area contributed by atoms with Crippen LogP contribution < -0.4 is 0 Å². The number of sulfonamides is 1. The minimum atomic E-state index is -3.24. The third-order valence-electron chi connectivity index (χ3n) is 4.37. The Balaban J connectivity index is 1.94. The normalized spacial score (nSPS) is 18.8. The van der Waals surface area contributed by atoms with Crippen LogP contribution in [0.25, 0.3) is 11.3 Å². The fourth-order valence-corrected chi connectivity index (χ4v) is 4.02. The molecule has 1 aliphatic rings. The zero-order valence-corrected chi connectivity index (χ0v) is 14.6. The van der Waals surface area contributed by atoms with Crippen molar-refractivity contribution in [2.45, 2.75) is 18.8 Å². The standard InChI is InChI=1S/C17H19N3O4S/c1-25(23,24)20-10-2-3-14(11-20)16-15(18-8-9-19-16)12-4-6-13(7-5-12)17(21)22/h4-9,14H,2-3,10-11H2,1H3,(H,21,22). The van der Waals surface area contributed by atoms with Crippen molar-refractivity contribution in [2.75, 3.05) is 19.3 Å². The first-order valence-electron chi connectivity index (χ1n) is 7.96. The van der Waals surface area contributed by atoms with Crippen molar-refractivity contribution < 1.29 is 18.3 Å². The van der Waals surface area contributed by atoms with Crippen LogP contribution in [0.4, 0.5) is 0 Å². The molecule has 2 aromatic rings. The summed E-state index contributed by atoms with van der Waals surface area (Å²) >= 11 is 0. The summed E-state index contributed by atoms with van der Waals surface area (Å²) in [6, 6.07) is 6.46. The molecule has 1 atom stereocenters. The fraction of sp³-hybridized carbons (Fsp3) is 0.353. The molecule has 3 rings (SSSR count). The van der Waals surface area contributed by atoms with Gasteiger partial charge in [-0.25, -0.2) is 17.5 Å². The molecule has 0 radical (unpaired) electrons. The molecule has 0 bridgehead atoms. The molecule has 1 saturated heterocycles. The molecule has 1 aromatic carbocycles. The molecule has 8 heteroatoms. The van der Waals surface area contributed by atoms with Crippen LogP contribution in [0.15, 0.2) is 36.7 Å². The van der Waals surface area contributed by atoms with Crippen LogP contribution in [0.1, 0.15) is 34.8 Å². The SMILES string of the molecule is CS(=O)(=O)N1CCCC(c2nccnc2-c2ccc(C(=O)O)cc2)C1. The minimum Gasteiger partial charge on any atom is -0.478 e. The van der Waals surface area contributed by atoms with E-state index in [0.29, 0.717) is 18.8 Å². The van der Waals surface area contributed by atoms with Crippen LogP contribution in [0.3, 0.4) is 0 Å². The fourth-order valence-electron chi connectivity index (χ4n) is 3.11. The molecule has 0 aliphatic carbocycles. The summed E-state index contributed by atoms with van der Waals surface area (Å²) in [5, 5.41) is 9.02. The van der Waals surface area contributed by atoms with Crippen molar-refractivity contribution in [3.63, 3.8) is 0 Å². The summed E-state index contributed by atoms with van der Waals surface area (Å²) in [5.74, 6) is -1.02. The van der Waals surface area contributed by atoms with Gasteiger partial charge < -0.3 is 5.11 Å². The Morgan fingerprint density at radius 1 is 1.20 bits per heavy atom. The number of hydrogen-bond acceptors (Lipinski definition) is 5. The average molecular weight is 361 g/mol. The maximum absolute atomic E-state index is 11.9. The van der Waals surface area contributed by atoms with Crippen LogP contribution in [-0.4, -0.2) is 53.1 Å². The van der Waals surface area contributed by atoms with E-state index < -0.39 is 16.0 Å². The Labute approximate surface area is 146 Å². The minimum absolute atomic E-state index is 0.0358. The van der Waals surface area contributed by atoms with E-state index in [1.54, 1.807) is 24.5 Å². The lowest BCUT2D eigenvalue weighted by molar-refractivity contribution is 0.0697. The number of nitrogens with zero attached hydrogens (tertiary/aromatic N) is 3. The lowest BCUT2D eigenvalue weighted by atomic mass is 9.92. The van der Waals surface area contributed by atoms with Gasteiger partial charge in [0.2, 0.25) is 10.0 Å². The van der Waals surface area contributed by atoms with Crippen molar-refractivity contribution in [1.29, 1.82) is 0 Å². The monoisotopic (exact) mass is 361 g/mol. The highest BCUT2D eigenvalue weighted by molar-refractivity contribution is 7.88. The van der Waals surface area contributed by atoms with Crippen molar-refractivity contribution in [2.24, 2.45) is 0 Å². The van der Waals surface area contributed by atoms with Gasteiger partial charge in [0.25, 0.3) is 0 Å². The molecule has 1 unspecified atom stereocenters. The van der Waals surface area contributed by atoms with Crippen molar-refractivity contribution in [3.05, 3.63) is 47.9 Å². The maximum atomic E-state index is 11.9. The molecule has 0 spiro atoms. The smallest absolute Gasteiger partial charge is 0.335 e. The largest absolute Gasteiger partial charge is 0.478 e. The summed E-state index contributed by atoms with van der Waals surface area (Å²) < 4.78 is 25.2. The van der Waals surface area contributed by atoms with Gasteiger partial charge in [-0.2, -0.15) is 0 Å². The number of carboxylic acids is 1. The number of carbonyl (C=O) groups is 1. The van der Waals surface area contributed by atoms with E-state index in [9.17, 15) is 13.2 Å². The third-order valence-corrected chi connectivity index (χ3v) is 5.64. The van der Waals surface area contributed by atoms with E-state index in [1.807, 2.05) is 0 Å². The van der Waals surface area contributed by atoms with E-state index in [1.165, 1.54) is 22.7 Å². The maximum Gasteiger partial charge on any atom is 0.335 e. The topological polar surface area (TPSA) is 100 Å². The second-order valence-corrected chi connectivity index (χ2v) is 8.12. The van der Waals surface area contributed by atoms with Crippen LogP contribution in [-0.2, 0) is 10.0 Å². The van der Waals surface area contributed by atoms with E-state index in [4.69, 9.17) is 5.11 Å². The van der Waals surface area contributed by atoms with Gasteiger partial charge in [-0.05, 0) is 25.0 Å². The van der Waals surface area contributed by atoms with Gasteiger partial charge >= 0.3 is 5.97 Å². The van der Waals surface area contributed by atoms with Gasteiger partial charge in [-0.3, -0.25) is 9.97 Å². The summed E-state index contributed by atoms with van der Waals surface area (Å²) in [7, 11) is -3.24. The number of aromatic carboxylic acids is 1. The molecular weight excluding hydrogens is 342 g/mol. The van der Waals surface area contributed by atoms with Crippen molar-refractivity contribution in [3.8, 4) is 11.3 Å². The molecule has 1 fully saturated rings.